The smallest absolute Gasteiger partial charge is 0.140 e. The number of amidine groups is 1. The second-order valence-electron chi connectivity index (χ2n) is 4.39. The van der Waals surface area contributed by atoms with Crippen LogP contribution in [-0.2, 0) is 6.42 Å². The number of rotatable bonds is 6. The van der Waals surface area contributed by atoms with Crippen molar-refractivity contribution < 1.29 is 5.21 Å². The number of hydrogen-bond donors (Lipinski definition) is 3. The number of aryl methyl sites for hydroxylation is 1. The SMILES string of the molecule is Cc1cccc(CCNC(C)C/C(N)=N/O)c1. The molecule has 0 heterocycles. The van der Waals surface area contributed by atoms with Crippen molar-refractivity contribution in [1.82, 2.24) is 5.32 Å². The highest BCUT2D eigenvalue weighted by Gasteiger charge is 2.03. The van der Waals surface area contributed by atoms with Crippen LogP contribution in [0.15, 0.2) is 29.4 Å². The van der Waals surface area contributed by atoms with Gasteiger partial charge in [-0.05, 0) is 32.4 Å². The van der Waals surface area contributed by atoms with E-state index in [0.29, 0.717) is 6.42 Å². The van der Waals surface area contributed by atoms with Crippen molar-refractivity contribution in [1.29, 1.82) is 0 Å². The standard InChI is InChI=1S/C13H21N3O/c1-10-4-3-5-12(8-10)6-7-15-11(2)9-13(14)16-17/h3-5,8,11,15,17H,6-7,9H2,1-2H3,(H2,14,16). The second kappa shape index (κ2) is 6.91. The molecule has 0 radical (unpaired) electrons. The first-order valence-corrected chi connectivity index (χ1v) is 5.87. The van der Waals surface area contributed by atoms with Crippen LogP contribution in [0.1, 0.15) is 24.5 Å². The maximum atomic E-state index is 8.45. The fraction of sp³-hybridized carbons (Fsp3) is 0.462. The zero-order chi connectivity index (χ0) is 12.7. The molecule has 1 unspecified atom stereocenters. The van der Waals surface area contributed by atoms with Gasteiger partial charge in [0.15, 0.2) is 0 Å². The molecular formula is C13H21N3O. The Morgan fingerprint density at radius 2 is 2.29 bits per heavy atom. The lowest BCUT2D eigenvalue weighted by Gasteiger charge is -2.12. The van der Waals surface area contributed by atoms with Gasteiger partial charge >= 0.3 is 0 Å². The minimum atomic E-state index is 0.218. The molecular weight excluding hydrogens is 214 g/mol. The summed E-state index contributed by atoms with van der Waals surface area (Å²) in [6.07, 6.45) is 1.55. The van der Waals surface area contributed by atoms with E-state index in [0.717, 1.165) is 13.0 Å². The Kier molecular flexibility index (Phi) is 5.49. The van der Waals surface area contributed by atoms with E-state index in [2.05, 4.69) is 41.7 Å². The molecule has 0 saturated heterocycles. The Labute approximate surface area is 103 Å². The molecule has 1 aromatic carbocycles. The number of benzene rings is 1. The number of hydrogen-bond acceptors (Lipinski definition) is 3. The van der Waals surface area contributed by atoms with E-state index >= 15 is 0 Å². The van der Waals surface area contributed by atoms with Gasteiger partial charge in [0.05, 0.1) is 0 Å². The lowest BCUT2D eigenvalue weighted by molar-refractivity contribution is 0.316. The summed E-state index contributed by atoms with van der Waals surface area (Å²) >= 11 is 0. The maximum absolute atomic E-state index is 8.45. The molecule has 0 amide bonds. The molecule has 0 saturated carbocycles. The Hall–Kier alpha value is -1.55. The van der Waals surface area contributed by atoms with Crippen LogP contribution in [0.2, 0.25) is 0 Å². The van der Waals surface area contributed by atoms with Crippen LogP contribution in [0.25, 0.3) is 0 Å². The summed E-state index contributed by atoms with van der Waals surface area (Å²) in [5.74, 6) is 0.264. The first kappa shape index (κ1) is 13.5. The largest absolute Gasteiger partial charge is 0.409 e. The zero-order valence-electron chi connectivity index (χ0n) is 10.5. The van der Waals surface area contributed by atoms with E-state index in [-0.39, 0.29) is 11.9 Å². The number of nitrogens with zero attached hydrogens (tertiary/aromatic N) is 1. The van der Waals surface area contributed by atoms with Gasteiger partial charge in [0, 0.05) is 12.5 Å². The summed E-state index contributed by atoms with van der Waals surface area (Å²) in [7, 11) is 0. The third-order valence-electron chi connectivity index (χ3n) is 2.63. The van der Waals surface area contributed by atoms with Gasteiger partial charge in [0.25, 0.3) is 0 Å². The number of nitrogens with two attached hydrogens (primary N) is 1. The van der Waals surface area contributed by atoms with Crippen LogP contribution >= 0.6 is 0 Å². The van der Waals surface area contributed by atoms with E-state index in [1.54, 1.807) is 0 Å². The molecule has 0 aliphatic rings. The van der Waals surface area contributed by atoms with Gasteiger partial charge in [-0.15, -0.1) is 0 Å². The summed E-state index contributed by atoms with van der Waals surface area (Å²) < 4.78 is 0. The summed E-state index contributed by atoms with van der Waals surface area (Å²) in [6, 6.07) is 8.71. The van der Waals surface area contributed by atoms with Crippen LogP contribution in [0.3, 0.4) is 0 Å². The van der Waals surface area contributed by atoms with Crippen LogP contribution in [0, 0.1) is 6.92 Å². The van der Waals surface area contributed by atoms with Gasteiger partial charge in [0.1, 0.15) is 5.84 Å². The Morgan fingerprint density at radius 3 is 2.94 bits per heavy atom. The molecule has 4 heteroatoms. The maximum Gasteiger partial charge on any atom is 0.140 e. The predicted molar refractivity (Wildman–Crippen MR) is 70.4 cm³/mol. The second-order valence-corrected chi connectivity index (χ2v) is 4.39. The van der Waals surface area contributed by atoms with Crippen molar-refractivity contribution in [2.45, 2.75) is 32.7 Å². The van der Waals surface area contributed by atoms with E-state index in [9.17, 15) is 0 Å². The highest BCUT2D eigenvalue weighted by Crippen LogP contribution is 2.04. The van der Waals surface area contributed by atoms with E-state index in [1.165, 1.54) is 11.1 Å². The fourth-order valence-corrected chi connectivity index (χ4v) is 1.76. The van der Waals surface area contributed by atoms with Crippen molar-refractivity contribution in [2.75, 3.05) is 6.54 Å². The van der Waals surface area contributed by atoms with Gasteiger partial charge in [-0.2, -0.15) is 0 Å². The molecule has 0 aromatic heterocycles. The highest BCUT2D eigenvalue weighted by molar-refractivity contribution is 5.80. The fourth-order valence-electron chi connectivity index (χ4n) is 1.76. The first-order chi connectivity index (χ1) is 8.11. The zero-order valence-corrected chi connectivity index (χ0v) is 10.5. The van der Waals surface area contributed by atoms with Crippen molar-refractivity contribution in [2.24, 2.45) is 10.9 Å². The summed E-state index contributed by atoms with van der Waals surface area (Å²) in [4.78, 5) is 0. The molecule has 0 fully saturated rings. The minimum Gasteiger partial charge on any atom is -0.409 e. The predicted octanol–water partition coefficient (Wildman–Crippen LogP) is 1.65. The molecule has 17 heavy (non-hydrogen) atoms. The van der Waals surface area contributed by atoms with Crippen molar-refractivity contribution in [3.63, 3.8) is 0 Å². The normalized spacial score (nSPS) is 13.6. The molecule has 0 bridgehead atoms. The minimum absolute atomic E-state index is 0.218. The first-order valence-electron chi connectivity index (χ1n) is 5.87. The number of oxime groups is 1. The molecule has 4 nitrogen and oxygen atoms in total. The molecule has 94 valence electrons. The van der Waals surface area contributed by atoms with Crippen LogP contribution in [0.4, 0.5) is 0 Å². The van der Waals surface area contributed by atoms with Crippen molar-refractivity contribution >= 4 is 5.84 Å². The van der Waals surface area contributed by atoms with Gasteiger partial charge < -0.3 is 16.3 Å². The third-order valence-corrected chi connectivity index (χ3v) is 2.63. The van der Waals surface area contributed by atoms with Crippen LogP contribution < -0.4 is 11.1 Å². The van der Waals surface area contributed by atoms with Crippen molar-refractivity contribution in [3.05, 3.63) is 35.4 Å². The van der Waals surface area contributed by atoms with Gasteiger partial charge in [-0.25, -0.2) is 0 Å². The topological polar surface area (TPSA) is 70.6 Å². The van der Waals surface area contributed by atoms with E-state index < -0.39 is 0 Å². The van der Waals surface area contributed by atoms with Crippen LogP contribution in [0.5, 0.6) is 0 Å². The Bertz CT molecular complexity index is 377. The highest BCUT2D eigenvalue weighted by atomic mass is 16.4. The molecule has 0 aliphatic carbocycles. The molecule has 0 spiro atoms. The number of nitrogens with one attached hydrogen (secondary N) is 1. The van der Waals surface area contributed by atoms with Crippen molar-refractivity contribution in [3.8, 4) is 0 Å². The summed E-state index contributed by atoms with van der Waals surface area (Å²) in [6.45, 7) is 5.01. The monoisotopic (exact) mass is 235 g/mol. The quantitative estimate of drug-likeness (QED) is 0.304. The lowest BCUT2D eigenvalue weighted by atomic mass is 10.1. The molecule has 1 rings (SSSR count). The van der Waals surface area contributed by atoms with E-state index in [4.69, 9.17) is 10.9 Å². The Morgan fingerprint density at radius 1 is 1.53 bits per heavy atom. The Balaban J connectivity index is 2.28. The summed E-state index contributed by atoms with van der Waals surface area (Å²) in [5, 5.41) is 14.8. The summed E-state index contributed by atoms with van der Waals surface area (Å²) in [5.41, 5.74) is 8.05. The molecule has 4 N–H and O–H groups in total. The van der Waals surface area contributed by atoms with Gasteiger partial charge in [0.2, 0.25) is 0 Å². The average Bonchev–Trinajstić information content (AvgIpc) is 2.29. The van der Waals surface area contributed by atoms with E-state index in [1.807, 2.05) is 6.92 Å². The third kappa shape index (κ3) is 5.36. The van der Waals surface area contributed by atoms with Crippen LogP contribution in [-0.4, -0.2) is 23.6 Å². The lowest BCUT2D eigenvalue weighted by Crippen LogP contribution is -2.32. The van der Waals surface area contributed by atoms with Gasteiger partial charge in [-0.1, -0.05) is 35.0 Å². The molecule has 1 aromatic rings. The van der Waals surface area contributed by atoms with Gasteiger partial charge in [-0.3, -0.25) is 0 Å². The average molecular weight is 235 g/mol. The molecule has 1 atom stereocenters. The molecule has 0 aliphatic heterocycles.